The van der Waals surface area contributed by atoms with Gasteiger partial charge in [0.2, 0.25) is 6.41 Å². The number of imide groups is 1. The molecule has 0 saturated carbocycles. The standard InChI is InChI=1S/C13H15Cl3N2O3/c1-2-3-18(13(20)17-8-19)4-5-21-12-10(15)6-9(14)7-11(12)16/h6-8H,2-5H2,1H3,(H,17,19,20)/i4D2,5D2. The summed E-state index contributed by atoms with van der Waals surface area (Å²) in [6.07, 6.45) is 0.384. The van der Waals surface area contributed by atoms with Crippen LogP contribution < -0.4 is 10.1 Å². The average Bonchev–Trinajstić information content (AvgIpc) is 2.48. The number of rotatable bonds is 7. The van der Waals surface area contributed by atoms with E-state index in [9.17, 15) is 9.59 Å². The molecule has 1 rings (SSSR count). The van der Waals surface area contributed by atoms with Crippen molar-refractivity contribution in [3.05, 3.63) is 27.2 Å². The quantitative estimate of drug-likeness (QED) is 0.758. The number of nitrogens with zero attached hydrogens (tertiary/aromatic N) is 1. The maximum absolute atomic E-state index is 11.9. The van der Waals surface area contributed by atoms with Gasteiger partial charge in [0.05, 0.1) is 22.0 Å². The summed E-state index contributed by atoms with van der Waals surface area (Å²) in [6, 6.07) is 1.39. The van der Waals surface area contributed by atoms with Gasteiger partial charge in [0.15, 0.2) is 5.75 Å². The van der Waals surface area contributed by atoms with Crippen LogP contribution in [-0.2, 0) is 4.79 Å². The van der Waals surface area contributed by atoms with E-state index in [0.29, 0.717) is 11.3 Å². The summed E-state index contributed by atoms with van der Waals surface area (Å²) in [5.74, 6) is -0.325. The molecule has 3 amide bonds. The largest absolute Gasteiger partial charge is 0.489 e. The highest BCUT2D eigenvalue weighted by Crippen LogP contribution is 2.35. The molecule has 0 saturated heterocycles. The van der Waals surface area contributed by atoms with Crippen molar-refractivity contribution in [3.8, 4) is 5.75 Å². The molecule has 21 heavy (non-hydrogen) atoms. The van der Waals surface area contributed by atoms with Crippen LogP contribution in [0.25, 0.3) is 0 Å². The van der Waals surface area contributed by atoms with E-state index in [4.69, 9.17) is 45.0 Å². The first kappa shape index (κ1) is 12.4. The van der Waals surface area contributed by atoms with Gasteiger partial charge in [0, 0.05) is 11.6 Å². The van der Waals surface area contributed by atoms with Crippen molar-refractivity contribution in [1.82, 2.24) is 10.2 Å². The Kier molecular flexibility index (Phi) is 5.29. The number of carbonyl (C=O) groups excluding carboxylic acids is 2. The zero-order valence-corrected chi connectivity index (χ0v) is 13.2. The zero-order chi connectivity index (χ0) is 19.4. The highest BCUT2D eigenvalue weighted by Gasteiger charge is 2.13. The van der Waals surface area contributed by atoms with Crippen LogP contribution in [0.2, 0.25) is 15.1 Å². The number of nitrogens with one attached hydrogen (secondary N) is 1. The van der Waals surface area contributed by atoms with E-state index in [1.54, 1.807) is 12.2 Å². The predicted molar refractivity (Wildman–Crippen MR) is 83.4 cm³/mol. The van der Waals surface area contributed by atoms with Crippen LogP contribution in [0.15, 0.2) is 12.1 Å². The Balaban J connectivity index is 3.24. The lowest BCUT2D eigenvalue weighted by Crippen LogP contribution is -2.41. The SMILES string of the molecule is [2H]C([2H])(Oc1c(Cl)cc(Cl)cc1Cl)C([2H])([2H])N(CCC)C(=O)NC=O. The second kappa shape index (κ2) is 8.97. The van der Waals surface area contributed by atoms with Crippen LogP contribution in [0.4, 0.5) is 4.79 Å². The van der Waals surface area contributed by atoms with Gasteiger partial charge in [0.1, 0.15) is 6.56 Å². The van der Waals surface area contributed by atoms with Crippen LogP contribution in [0.5, 0.6) is 5.75 Å². The van der Waals surface area contributed by atoms with Gasteiger partial charge in [-0.25, -0.2) is 4.79 Å². The molecule has 0 aliphatic rings. The molecular weight excluding hydrogens is 339 g/mol. The van der Waals surface area contributed by atoms with Crippen molar-refractivity contribution in [3.63, 3.8) is 0 Å². The van der Waals surface area contributed by atoms with E-state index in [2.05, 4.69) is 0 Å². The number of ether oxygens (including phenoxy) is 1. The number of carbonyl (C=O) groups is 2. The van der Waals surface area contributed by atoms with Crippen LogP contribution in [0, 0.1) is 0 Å². The minimum absolute atomic E-state index is 0.0738. The molecule has 0 aliphatic heterocycles. The topological polar surface area (TPSA) is 58.6 Å². The van der Waals surface area contributed by atoms with Crippen LogP contribution >= 0.6 is 34.8 Å². The molecule has 0 atom stereocenters. The third-order valence-electron chi connectivity index (χ3n) is 2.17. The van der Waals surface area contributed by atoms with Gasteiger partial charge in [-0.2, -0.15) is 0 Å². The zero-order valence-electron chi connectivity index (χ0n) is 15.0. The number of benzene rings is 1. The Hall–Kier alpha value is -1.17. The lowest BCUT2D eigenvalue weighted by molar-refractivity contribution is -0.108. The molecule has 0 spiro atoms. The molecule has 1 aromatic carbocycles. The Morgan fingerprint density at radius 2 is 2.05 bits per heavy atom. The van der Waals surface area contributed by atoms with E-state index in [1.807, 2.05) is 0 Å². The molecule has 5 nitrogen and oxygen atoms in total. The second-order valence-corrected chi connectivity index (χ2v) is 4.98. The summed E-state index contributed by atoms with van der Waals surface area (Å²) in [5, 5.41) is 1.71. The lowest BCUT2D eigenvalue weighted by Gasteiger charge is -2.21. The fraction of sp³-hybridized carbons (Fsp3) is 0.385. The van der Waals surface area contributed by atoms with Gasteiger partial charge in [-0.1, -0.05) is 41.7 Å². The molecular formula is C13H15Cl3N2O3. The molecule has 0 fully saturated rings. The van der Waals surface area contributed by atoms with Crippen LogP contribution in [0.1, 0.15) is 18.8 Å². The maximum Gasteiger partial charge on any atom is 0.323 e. The number of urea groups is 1. The number of hydrogen-bond acceptors (Lipinski definition) is 3. The third kappa shape index (κ3) is 5.61. The van der Waals surface area contributed by atoms with Crippen molar-refractivity contribution in [2.75, 3.05) is 19.6 Å². The normalized spacial score (nSPS) is 14.3. The van der Waals surface area contributed by atoms with Crippen LogP contribution in [0.3, 0.4) is 0 Å². The smallest absolute Gasteiger partial charge is 0.323 e. The maximum atomic E-state index is 11.9. The van der Waals surface area contributed by atoms with Gasteiger partial charge < -0.3 is 9.64 Å². The van der Waals surface area contributed by atoms with Crippen molar-refractivity contribution in [1.29, 1.82) is 0 Å². The predicted octanol–water partition coefficient (Wildman–Crippen LogP) is 3.60. The Morgan fingerprint density at radius 1 is 1.43 bits per heavy atom. The summed E-state index contributed by atoms with van der Waals surface area (Å²) in [5.41, 5.74) is 0. The first-order valence-electron chi connectivity index (χ1n) is 7.83. The second-order valence-electron chi connectivity index (χ2n) is 3.73. The number of hydrogen-bond donors (Lipinski definition) is 1. The first-order chi connectivity index (χ1) is 11.5. The average molecular weight is 358 g/mol. The van der Waals surface area contributed by atoms with Gasteiger partial charge in [-0.15, -0.1) is 0 Å². The van der Waals surface area contributed by atoms with Crippen molar-refractivity contribution < 1.29 is 19.8 Å². The number of halogens is 3. The van der Waals surface area contributed by atoms with Gasteiger partial charge in [-0.05, 0) is 18.6 Å². The van der Waals surface area contributed by atoms with E-state index < -0.39 is 19.1 Å². The van der Waals surface area contributed by atoms with Crippen molar-refractivity contribution in [2.24, 2.45) is 0 Å². The fourth-order valence-electron chi connectivity index (χ4n) is 1.32. The molecule has 8 heteroatoms. The molecule has 116 valence electrons. The first-order valence-corrected chi connectivity index (χ1v) is 6.96. The third-order valence-corrected chi connectivity index (χ3v) is 2.95. The van der Waals surface area contributed by atoms with Gasteiger partial charge in [0.25, 0.3) is 0 Å². The van der Waals surface area contributed by atoms with E-state index in [0.717, 1.165) is 0 Å². The summed E-state index contributed by atoms with van der Waals surface area (Å²) in [4.78, 5) is 22.9. The Morgan fingerprint density at radius 3 is 2.57 bits per heavy atom. The summed E-state index contributed by atoms with van der Waals surface area (Å²) in [7, 11) is 0. The molecule has 0 radical (unpaired) electrons. The monoisotopic (exact) mass is 356 g/mol. The van der Waals surface area contributed by atoms with Crippen molar-refractivity contribution >= 4 is 47.2 Å². The molecule has 1 aromatic rings. The Labute approximate surface area is 143 Å². The Bertz CT molecular complexity index is 638. The summed E-state index contributed by atoms with van der Waals surface area (Å²) in [6.45, 7) is -4.52. The molecule has 0 bridgehead atoms. The molecule has 0 aromatic heterocycles. The van der Waals surface area contributed by atoms with E-state index in [-0.39, 0.29) is 33.8 Å². The van der Waals surface area contributed by atoms with E-state index >= 15 is 0 Å². The highest BCUT2D eigenvalue weighted by atomic mass is 35.5. The lowest BCUT2D eigenvalue weighted by atomic mass is 10.3. The van der Waals surface area contributed by atoms with Gasteiger partial charge >= 0.3 is 6.03 Å². The molecule has 1 N–H and O–H groups in total. The minimum atomic E-state index is -3.05. The highest BCUT2D eigenvalue weighted by molar-refractivity contribution is 6.40. The fourth-order valence-corrected chi connectivity index (χ4v) is 2.21. The van der Waals surface area contributed by atoms with Crippen LogP contribution in [-0.4, -0.2) is 36.9 Å². The summed E-state index contributed by atoms with van der Waals surface area (Å²) < 4.78 is 37.0. The minimum Gasteiger partial charge on any atom is -0.489 e. The molecule has 0 unspecified atom stereocenters. The summed E-state index contributed by atoms with van der Waals surface area (Å²) >= 11 is 17.6. The number of amides is 3. The van der Waals surface area contributed by atoms with Gasteiger partial charge in [-0.3, -0.25) is 10.1 Å². The van der Waals surface area contributed by atoms with E-state index in [1.165, 1.54) is 12.1 Å². The molecule has 0 heterocycles. The van der Waals surface area contributed by atoms with Crippen molar-refractivity contribution in [2.45, 2.75) is 13.3 Å². The molecule has 0 aliphatic carbocycles.